The third-order valence-electron chi connectivity index (χ3n) is 4.59. The van der Waals surface area contributed by atoms with E-state index in [4.69, 9.17) is 16.1 Å². The van der Waals surface area contributed by atoms with Gasteiger partial charge in [0.2, 0.25) is 0 Å². The number of fused-ring (bicyclic) bond motifs is 1. The van der Waals surface area contributed by atoms with E-state index in [1.165, 1.54) is 24.7 Å². The van der Waals surface area contributed by atoms with Crippen LogP contribution in [-0.2, 0) is 10.0 Å². The van der Waals surface area contributed by atoms with Crippen molar-refractivity contribution in [1.82, 2.24) is 19.1 Å². The number of rotatable bonds is 4. The molecule has 0 N–H and O–H groups in total. The fraction of sp³-hybridized carbons (Fsp3) is 0.167. The predicted molar refractivity (Wildman–Crippen MR) is 99.0 cm³/mol. The monoisotopic (exact) mass is 400 g/mol. The Morgan fingerprint density at radius 3 is 2.67 bits per heavy atom. The lowest BCUT2D eigenvalue weighted by Crippen LogP contribution is -2.12. The van der Waals surface area contributed by atoms with E-state index >= 15 is 0 Å². The molecule has 4 aromatic rings. The number of aromatic nitrogens is 4. The van der Waals surface area contributed by atoms with Crippen molar-refractivity contribution in [3.05, 3.63) is 59.8 Å². The molecule has 136 valence electrons. The van der Waals surface area contributed by atoms with Gasteiger partial charge in [-0.05, 0) is 25.0 Å². The number of hydrogen-bond acceptors (Lipinski definition) is 6. The van der Waals surface area contributed by atoms with Crippen molar-refractivity contribution in [2.75, 3.05) is 0 Å². The first-order chi connectivity index (χ1) is 13.1. The topological polar surface area (TPSA) is 90.9 Å². The Morgan fingerprint density at radius 1 is 1.15 bits per heavy atom. The van der Waals surface area contributed by atoms with Gasteiger partial charge in [-0.15, -0.1) is 0 Å². The summed E-state index contributed by atoms with van der Waals surface area (Å²) in [5.41, 5.74) is 1.23. The first kappa shape index (κ1) is 16.5. The van der Waals surface area contributed by atoms with Crippen LogP contribution in [0.1, 0.15) is 24.5 Å². The molecule has 1 saturated carbocycles. The summed E-state index contributed by atoms with van der Waals surface area (Å²) in [6.07, 6.45) is 4.86. The zero-order chi connectivity index (χ0) is 18.6. The average Bonchev–Trinajstić information content (AvgIpc) is 3.26. The third-order valence-corrected chi connectivity index (χ3v) is 6.54. The summed E-state index contributed by atoms with van der Waals surface area (Å²) in [7, 11) is -3.86. The quantitative estimate of drug-likeness (QED) is 0.483. The second-order valence-corrected chi connectivity index (χ2v) is 8.58. The molecule has 7 nitrogen and oxygen atoms in total. The van der Waals surface area contributed by atoms with Gasteiger partial charge in [0.05, 0.1) is 10.3 Å². The van der Waals surface area contributed by atoms with Gasteiger partial charge < -0.3 is 4.52 Å². The molecule has 0 spiro atoms. The highest BCUT2D eigenvalue weighted by Crippen LogP contribution is 2.42. The maximum Gasteiger partial charge on any atom is 0.269 e. The second kappa shape index (κ2) is 5.90. The van der Waals surface area contributed by atoms with Crippen LogP contribution in [0.15, 0.2) is 58.3 Å². The normalized spacial score (nSPS) is 14.7. The third kappa shape index (κ3) is 2.64. The molecule has 3 heterocycles. The summed E-state index contributed by atoms with van der Waals surface area (Å²) < 4.78 is 32.8. The van der Waals surface area contributed by atoms with E-state index < -0.39 is 10.0 Å². The summed E-state index contributed by atoms with van der Waals surface area (Å²) in [4.78, 5) is 8.32. The summed E-state index contributed by atoms with van der Waals surface area (Å²) >= 11 is 6.29. The van der Waals surface area contributed by atoms with Crippen molar-refractivity contribution in [2.24, 2.45) is 0 Å². The minimum Gasteiger partial charge on any atom is -0.360 e. The molecule has 1 aliphatic carbocycles. The average molecular weight is 401 g/mol. The Morgan fingerprint density at radius 2 is 1.93 bits per heavy atom. The van der Waals surface area contributed by atoms with E-state index in [0.29, 0.717) is 22.6 Å². The van der Waals surface area contributed by atoms with Gasteiger partial charge in [-0.3, -0.25) is 0 Å². The van der Waals surface area contributed by atoms with Crippen molar-refractivity contribution < 1.29 is 12.9 Å². The first-order valence-electron chi connectivity index (χ1n) is 8.35. The Balaban J connectivity index is 1.76. The van der Waals surface area contributed by atoms with E-state index in [1.807, 2.05) is 6.07 Å². The van der Waals surface area contributed by atoms with E-state index in [2.05, 4.69) is 15.1 Å². The molecule has 27 heavy (non-hydrogen) atoms. The van der Waals surface area contributed by atoms with Gasteiger partial charge in [-0.1, -0.05) is 35.0 Å². The van der Waals surface area contributed by atoms with Crippen LogP contribution in [0.4, 0.5) is 0 Å². The summed E-state index contributed by atoms with van der Waals surface area (Å²) in [5.74, 6) is 1.18. The molecule has 1 aliphatic rings. The lowest BCUT2D eigenvalue weighted by molar-refractivity contribution is 0.386. The molecule has 0 bridgehead atoms. The van der Waals surface area contributed by atoms with Gasteiger partial charge in [0, 0.05) is 23.7 Å². The van der Waals surface area contributed by atoms with Crippen LogP contribution in [0.3, 0.4) is 0 Å². The van der Waals surface area contributed by atoms with Crippen LogP contribution < -0.4 is 0 Å². The summed E-state index contributed by atoms with van der Waals surface area (Å²) in [5, 5.41) is 4.70. The van der Waals surface area contributed by atoms with E-state index in [-0.39, 0.29) is 15.7 Å². The maximum atomic E-state index is 13.1. The molecule has 1 fully saturated rings. The number of halogens is 1. The van der Waals surface area contributed by atoms with Gasteiger partial charge in [0.25, 0.3) is 10.0 Å². The fourth-order valence-corrected chi connectivity index (χ4v) is 4.63. The maximum absolute atomic E-state index is 13.1. The van der Waals surface area contributed by atoms with Gasteiger partial charge in [0.15, 0.2) is 5.65 Å². The summed E-state index contributed by atoms with van der Waals surface area (Å²) in [6.45, 7) is 0. The molecule has 0 aliphatic heterocycles. The van der Waals surface area contributed by atoms with Crippen molar-refractivity contribution >= 4 is 32.7 Å². The van der Waals surface area contributed by atoms with E-state index in [9.17, 15) is 8.42 Å². The Bertz CT molecular complexity index is 1260. The van der Waals surface area contributed by atoms with Crippen molar-refractivity contribution in [2.45, 2.75) is 23.7 Å². The van der Waals surface area contributed by atoms with Gasteiger partial charge >= 0.3 is 0 Å². The van der Waals surface area contributed by atoms with Gasteiger partial charge in [0.1, 0.15) is 22.9 Å². The molecule has 0 amide bonds. The molecule has 0 saturated heterocycles. The van der Waals surface area contributed by atoms with Crippen LogP contribution in [0.5, 0.6) is 0 Å². The van der Waals surface area contributed by atoms with E-state index in [0.717, 1.165) is 22.6 Å². The molecule has 0 unspecified atom stereocenters. The SMILES string of the molecule is O=S(=O)(c1ccccc1)n1cc(-c2cc(C3CC3)on2)c2c(Cl)ncnc21. The minimum absolute atomic E-state index is 0.155. The lowest BCUT2D eigenvalue weighted by atomic mass is 10.1. The molecule has 5 rings (SSSR count). The zero-order valence-corrected chi connectivity index (χ0v) is 15.5. The van der Waals surface area contributed by atoms with E-state index in [1.54, 1.807) is 18.2 Å². The predicted octanol–water partition coefficient (Wildman–Crippen LogP) is 3.85. The standard InChI is InChI=1S/C18H13ClN4O3S/c19-17-16-13(14-8-15(26-22-14)11-6-7-11)9-23(18(16)21-10-20-17)27(24,25)12-4-2-1-3-5-12/h1-5,8-11H,6-7H2. The van der Waals surface area contributed by atoms with Crippen LogP contribution in [0, 0.1) is 0 Å². The van der Waals surface area contributed by atoms with Crippen molar-refractivity contribution in [3.8, 4) is 11.3 Å². The van der Waals surface area contributed by atoms with Crippen LogP contribution in [-0.4, -0.2) is 27.5 Å². The highest BCUT2D eigenvalue weighted by Gasteiger charge is 2.30. The lowest BCUT2D eigenvalue weighted by Gasteiger charge is -2.06. The largest absolute Gasteiger partial charge is 0.360 e. The first-order valence-corrected chi connectivity index (χ1v) is 10.2. The molecule has 1 aromatic carbocycles. The second-order valence-electron chi connectivity index (χ2n) is 6.41. The highest BCUT2D eigenvalue weighted by molar-refractivity contribution is 7.90. The minimum atomic E-state index is -3.86. The van der Waals surface area contributed by atoms with Crippen molar-refractivity contribution in [1.29, 1.82) is 0 Å². The smallest absolute Gasteiger partial charge is 0.269 e. The van der Waals surface area contributed by atoms with Gasteiger partial charge in [-0.25, -0.2) is 22.4 Å². The number of nitrogens with zero attached hydrogens (tertiary/aromatic N) is 4. The fourth-order valence-electron chi connectivity index (χ4n) is 3.06. The Hall–Kier alpha value is -2.71. The van der Waals surface area contributed by atoms with Crippen molar-refractivity contribution in [3.63, 3.8) is 0 Å². The van der Waals surface area contributed by atoms with Crippen LogP contribution >= 0.6 is 11.6 Å². The molecule has 0 atom stereocenters. The molecule has 0 radical (unpaired) electrons. The van der Waals surface area contributed by atoms with Gasteiger partial charge in [-0.2, -0.15) is 0 Å². The molecule has 3 aromatic heterocycles. The molecular formula is C18H13ClN4O3S. The number of hydrogen-bond donors (Lipinski definition) is 0. The zero-order valence-electron chi connectivity index (χ0n) is 13.9. The Labute approximate surface area is 159 Å². The van der Waals surface area contributed by atoms with Crippen LogP contribution in [0.25, 0.3) is 22.3 Å². The number of benzene rings is 1. The summed E-state index contributed by atoms with van der Waals surface area (Å²) in [6, 6.07) is 9.99. The molecular weight excluding hydrogens is 388 g/mol. The van der Waals surface area contributed by atoms with Crippen LogP contribution in [0.2, 0.25) is 5.15 Å². The Kier molecular flexibility index (Phi) is 3.60. The molecule has 9 heteroatoms. The highest BCUT2D eigenvalue weighted by atomic mass is 35.5.